The molecule has 0 N–H and O–H groups in total. The molecule has 0 saturated carbocycles. The summed E-state index contributed by atoms with van der Waals surface area (Å²) >= 11 is 0. The largest absolute Gasteiger partial charge is 0.253 e. The molecule has 18 heavy (non-hydrogen) atoms. The van der Waals surface area contributed by atoms with Crippen LogP contribution in [0.15, 0.2) is 55.0 Å². The molecule has 3 heteroatoms. The van der Waals surface area contributed by atoms with Gasteiger partial charge < -0.3 is 0 Å². The highest BCUT2D eigenvalue weighted by atomic mass is 14.8. The molecule has 3 nitrogen and oxygen atoms in total. The highest BCUT2D eigenvalue weighted by Crippen LogP contribution is 2.12. The van der Waals surface area contributed by atoms with E-state index in [1.807, 2.05) is 36.4 Å². The van der Waals surface area contributed by atoms with Crippen molar-refractivity contribution in [2.24, 2.45) is 0 Å². The number of hydrogen-bond donors (Lipinski definition) is 0. The maximum Gasteiger partial charge on any atom is 0.113 e. The molecular weight excluding hydrogens is 222 g/mol. The lowest BCUT2D eigenvalue weighted by atomic mass is 10.1. The Morgan fingerprint density at radius 3 is 2.56 bits per heavy atom. The number of rotatable bonds is 0. The van der Waals surface area contributed by atoms with Gasteiger partial charge in [0.05, 0.1) is 11.1 Å². The van der Waals surface area contributed by atoms with E-state index in [1.54, 1.807) is 18.6 Å². The van der Waals surface area contributed by atoms with Gasteiger partial charge in [-0.3, -0.25) is 9.97 Å². The van der Waals surface area contributed by atoms with E-state index >= 15 is 0 Å². The number of benzene rings is 1. The first-order valence-corrected chi connectivity index (χ1v) is 5.56. The van der Waals surface area contributed by atoms with Crippen LogP contribution in [-0.2, 0) is 0 Å². The standard InChI is InChI=1S/C15H9N3/c1-2-9-16-13(5-1)8-7-12-4-3-6-14-15(12)18-11-10-17-14/h1-6,9-11H. The Labute approximate surface area is 105 Å². The van der Waals surface area contributed by atoms with Gasteiger partial charge in [0.15, 0.2) is 0 Å². The molecule has 2 heterocycles. The number of hydrogen-bond acceptors (Lipinski definition) is 3. The predicted octanol–water partition coefficient (Wildman–Crippen LogP) is 2.42. The van der Waals surface area contributed by atoms with Crippen molar-refractivity contribution in [3.63, 3.8) is 0 Å². The number of fused-ring (bicyclic) bond motifs is 1. The van der Waals surface area contributed by atoms with Crippen LogP contribution < -0.4 is 0 Å². The van der Waals surface area contributed by atoms with Gasteiger partial charge in [-0.2, -0.15) is 0 Å². The molecule has 0 saturated heterocycles. The molecule has 0 spiro atoms. The second kappa shape index (κ2) is 4.64. The van der Waals surface area contributed by atoms with E-state index in [9.17, 15) is 0 Å². The molecule has 0 radical (unpaired) electrons. The van der Waals surface area contributed by atoms with Gasteiger partial charge in [0, 0.05) is 18.6 Å². The maximum absolute atomic E-state index is 4.31. The highest BCUT2D eigenvalue weighted by Gasteiger charge is 1.98. The van der Waals surface area contributed by atoms with E-state index in [2.05, 4.69) is 26.8 Å². The molecule has 2 aromatic heterocycles. The molecule has 84 valence electrons. The molecular formula is C15H9N3. The monoisotopic (exact) mass is 231 g/mol. The van der Waals surface area contributed by atoms with Crippen LogP contribution in [0, 0.1) is 11.8 Å². The zero-order valence-electron chi connectivity index (χ0n) is 9.54. The first kappa shape index (κ1) is 10.4. The van der Waals surface area contributed by atoms with Crippen molar-refractivity contribution in [3.05, 3.63) is 66.2 Å². The lowest BCUT2D eigenvalue weighted by Gasteiger charge is -1.97. The van der Waals surface area contributed by atoms with Crippen molar-refractivity contribution in [2.45, 2.75) is 0 Å². The Kier molecular flexibility index (Phi) is 2.69. The lowest BCUT2D eigenvalue weighted by Crippen LogP contribution is -1.86. The molecule has 0 aliphatic carbocycles. The summed E-state index contributed by atoms with van der Waals surface area (Å²) in [4.78, 5) is 12.7. The summed E-state index contributed by atoms with van der Waals surface area (Å²) in [7, 11) is 0. The minimum absolute atomic E-state index is 0.749. The number of para-hydroxylation sites is 1. The molecule has 0 atom stereocenters. The van der Waals surface area contributed by atoms with Gasteiger partial charge >= 0.3 is 0 Å². The molecule has 3 aromatic rings. The first-order valence-electron chi connectivity index (χ1n) is 5.56. The van der Waals surface area contributed by atoms with E-state index in [0.717, 1.165) is 22.3 Å². The van der Waals surface area contributed by atoms with Gasteiger partial charge in [-0.1, -0.05) is 18.1 Å². The van der Waals surface area contributed by atoms with Crippen molar-refractivity contribution < 1.29 is 0 Å². The Bertz CT molecular complexity index is 734. The van der Waals surface area contributed by atoms with E-state index in [-0.39, 0.29) is 0 Å². The number of aromatic nitrogens is 3. The summed E-state index contributed by atoms with van der Waals surface area (Å²) in [6.45, 7) is 0. The van der Waals surface area contributed by atoms with E-state index < -0.39 is 0 Å². The Hall–Kier alpha value is -2.73. The number of nitrogens with zero attached hydrogens (tertiary/aromatic N) is 3. The topological polar surface area (TPSA) is 38.7 Å². The van der Waals surface area contributed by atoms with Gasteiger partial charge in [0.2, 0.25) is 0 Å². The van der Waals surface area contributed by atoms with Gasteiger partial charge in [0.1, 0.15) is 11.2 Å². The summed E-state index contributed by atoms with van der Waals surface area (Å²) in [6, 6.07) is 11.5. The second-order valence-corrected chi connectivity index (χ2v) is 3.69. The van der Waals surface area contributed by atoms with Crippen molar-refractivity contribution in [2.75, 3.05) is 0 Å². The smallest absolute Gasteiger partial charge is 0.113 e. The molecule has 0 aliphatic rings. The predicted molar refractivity (Wildman–Crippen MR) is 69.8 cm³/mol. The summed E-state index contributed by atoms with van der Waals surface area (Å²) in [5.41, 5.74) is 3.29. The van der Waals surface area contributed by atoms with Gasteiger partial charge in [0.25, 0.3) is 0 Å². The second-order valence-electron chi connectivity index (χ2n) is 3.69. The first-order chi connectivity index (χ1) is 8.93. The lowest BCUT2D eigenvalue weighted by molar-refractivity contribution is 1.28. The maximum atomic E-state index is 4.31. The van der Waals surface area contributed by atoms with Crippen LogP contribution in [0.2, 0.25) is 0 Å². The SMILES string of the molecule is C(#Cc1cccc2nccnc12)c1ccccn1. The molecule has 0 amide bonds. The van der Waals surface area contributed by atoms with Crippen LogP contribution in [0.4, 0.5) is 0 Å². The molecule has 1 aromatic carbocycles. The zero-order valence-corrected chi connectivity index (χ0v) is 9.54. The van der Waals surface area contributed by atoms with Crippen LogP contribution in [0.5, 0.6) is 0 Å². The Balaban J connectivity index is 2.09. The van der Waals surface area contributed by atoms with Crippen LogP contribution in [0.3, 0.4) is 0 Å². The van der Waals surface area contributed by atoms with Crippen LogP contribution in [0.1, 0.15) is 11.3 Å². The Morgan fingerprint density at radius 2 is 1.67 bits per heavy atom. The summed E-state index contributed by atoms with van der Waals surface area (Å²) < 4.78 is 0. The van der Waals surface area contributed by atoms with E-state index in [1.165, 1.54) is 0 Å². The average molecular weight is 231 g/mol. The molecule has 0 unspecified atom stereocenters. The minimum atomic E-state index is 0.749. The summed E-state index contributed by atoms with van der Waals surface area (Å²) in [5, 5.41) is 0. The third-order valence-corrected chi connectivity index (χ3v) is 2.49. The van der Waals surface area contributed by atoms with E-state index in [4.69, 9.17) is 0 Å². The summed E-state index contributed by atoms with van der Waals surface area (Å²) in [6.07, 6.45) is 5.08. The quantitative estimate of drug-likeness (QED) is 0.558. The van der Waals surface area contributed by atoms with Crippen molar-refractivity contribution >= 4 is 11.0 Å². The molecule has 0 bridgehead atoms. The fourth-order valence-corrected chi connectivity index (χ4v) is 1.66. The average Bonchev–Trinajstić information content (AvgIpc) is 2.46. The highest BCUT2D eigenvalue weighted by molar-refractivity contribution is 5.80. The van der Waals surface area contributed by atoms with Crippen LogP contribution >= 0.6 is 0 Å². The summed E-state index contributed by atoms with van der Waals surface area (Å²) in [5.74, 6) is 6.11. The molecule has 0 fully saturated rings. The number of pyridine rings is 1. The van der Waals surface area contributed by atoms with Gasteiger partial charge in [-0.25, -0.2) is 4.98 Å². The van der Waals surface area contributed by atoms with Crippen molar-refractivity contribution in [3.8, 4) is 11.8 Å². The molecule has 0 aliphatic heterocycles. The third kappa shape index (κ3) is 2.04. The van der Waals surface area contributed by atoms with Crippen LogP contribution in [0.25, 0.3) is 11.0 Å². The fraction of sp³-hybridized carbons (Fsp3) is 0. The fourth-order valence-electron chi connectivity index (χ4n) is 1.66. The zero-order chi connectivity index (χ0) is 12.2. The molecule has 3 rings (SSSR count). The Morgan fingerprint density at radius 1 is 0.722 bits per heavy atom. The van der Waals surface area contributed by atoms with Gasteiger partial charge in [-0.15, -0.1) is 0 Å². The van der Waals surface area contributed by atoms with Crippen LogP contribution in [-0.4, -0.2) is 15.0 Å². The van der Waals surface area contributed by atoms with E-state index in [0.29, 0.717) is 0 Å². The van der Waals surface area contributed by atoms with Crippen molar-refractivity contribution in [1.82, 2.24) is 15.0 Å². The third-order valence-electron chi connectivity index (χ3n) is 2.49. The van der Waals surface area contributed by atoms with Crippen molar-refractivity contribution in [1.29, 1.82) is 0 Å². The normalized spacial score (nSPS) is 9.78. The van der Waals surface area contributed by atoms with Gasteiger partial charge in [-0.05, 0) is 30.2 Å². The minimum Gasteiger partial charge on any atom is -0.253 e.